The van der Waals surface area contributed by atoms with Crippen molar-refractivity contribution in [2.75, 3.05) is 0 Å². The van der Waals surface area contributed by atoms with Crippen LogP contribution in [-0.4, -0.2) is 15.0 Å². The van der Waals surface area contributed by atoms with E-state index in [1.54, 1.807) is 0 Å². The Morgan fingerprint density at radius 3 is 2.33 bits per heavy atom. The number of aromatic nitrogens is 3. The number of rotatable bonds is 0. The number of nitrogens with one attached hydrogen (secondary N) is 2. The summed E-state index contributed by atoms with van der Waals surface area (Å²) < 4.78 is 0. The molecule has 0 saturated carbocycles. The number of benzene rings is 1. The number of pyridine rings is 1. The van der Waals surface area contributed by atoms with Crippen molar-refractivity contribution in [1.29, 1.82) is 0 Å². The Morgan fingerprint density at radius 1 is 0.778 bits per heavy atom. The molecule has 4 aromatic rings. The number of fused-ring (bicyclic) bond motifs is 3. The molecule has 0 aliphatic heterocycles. The van der Waals surface area contributed by atoms with Crippen molar-refractivity contribution in [1.82, 2.24) is 15.0 Å². The maximum absolute atomic E-state index is 4.08. The molecular weight excluding hydrogens is 222 g/mol. The van der Waals surface area contributed by atoms with E-state index in [0.717, 1.165) is 5.52 Å². The summed E-state index contributed by atoms with van der Waals surface area (Å²) in [5.74, 6) is 0. The number of H-pyrrole nitrogens is 2. The summed E-state index contributed by atoms with van der Waals surface area (Å²) in [4.78, 5) is 10.3. The van der Waals surface area contributed by atoms with Crippen LogP contribution in [0.2, 0.25) is 0 Å². The summed E-state index contributed by atoms with van der Waals surface area (Å²) in [6, 6.07) is 14.2. The summed E-state index contributed by atoms with van der Waals surface area (Å²) in [5.41, 5.74) is 2.27. The molecule has 0 bridgehead atoms. The van der Waals surface area contributed by atoms with Crippen LogP contribution in [0.25, 0.3) is 21.8 Å². The quantitative estimate of drug-likeness (QED) is 0.479. The lowest BCUT2D eigenvalue weighted by atomic mass is 10.2. The van der Waals surface area contributed by atoms with Crippen molar-refractivity contribution in [2.45, 2.75) is 0 Å². The normalized spacial score (nSPS) is 10.2. The molecule has 88 valence electrons. The van der Waals surface area contributed by atoms with E-state index < -0.39 is 0 Å². The topological polar surface area (TPSA) is 44.5 Å². The number of hydrogen-bond donors (Lipinski definition) is 2. The van der Waals surface area contributed by atoms with Gasteiger partial charge >= 0.3 is 0 Å². The first-order valence-corrected chi connectivity index (χ1v) is 5.83. The van der Waals surface area contributed by atoms with Crippen molar-refractivity contribution in [3.63, 3.8) is 0 Å². The van der Waals surface area contributed by atoms with Gasteiger partial charge in [0.25, 0.3) is 0 Å². The Hall–Kier alpha value is -2.55. The molecule has 0 unspecified atom stereocenters. The van der Waals surface area contributed by atoms with Crippen molar-refractivity contribution in [2.24, 2.45) is 0 Å². The van der Waals surface area contributed by atoms with E-state index in [4.69, 9.17) is 0 Å². The van der Waals surface area contributed by atoms with Crippen molar-refractivity contribution < 1.29 is 0 Å². The molecule has 0 radical (unpaired) electrons. The minimum Gasteiger partial charge on any atom is -0.368 e. The fraction of sp³-hybridized carbons (Fsp3) is 0. The van der Waals surface area contributed by atoms with Gasteiger partial charge in [-0.3, -0.25) is 4.98 Å². The fourth-order valence-corrected chi connectivity index (χ4v) is 1.98. The van der Waals surface area contributed by atoms with Gasteiger partial charge < -0.3 is 9.97 Å². The van der Waals surface area contributed by atoms with Crippen LogP contribution in [0.3, 0.4) is 0 Å². The van der Waals surface area contributed by atoms with Crippen LogP contribution in [0, 0.1) is 0 Å². The highest BCUT2D eigenvalue weighted by Crippen LogP contribution is 2.23. The van der Waals surface area contributed by atoms with Gasteiger partial charge in [0.05, 0.1) is 11.7 Å². The Kier molecular flexibility index (Phi) is 2.80. The summed E-state index contributed by atoms with van der Waals surface area (Å²) in [5, 5.41) is 2.51. The zero-order chi connectivity index (χ0) is 12.2. The van der Waals surface area contributed by atoms with E-state index in [1.807, 2.05) is 49.1 Å². The van der Waals surface area contributed by atoms with Crippen molar-refractivity contribution in [3.05, 3.63) is 67.3 Å². The first-order chi connectivity index (χ1) is 8.95. The molecule has 4 rings (SSSR count). The number of para-hydroxylation sites is 1. The van der Waals surface area contributed by atoms with Crippen LogP contribution in [0.1, 0.15) is 0 Å². The maximum Gasteiger partial charge on any atom is 0.0651 e. The molecule has 0 aliphatic carbocycles. The van der Waals surface area contributed by atoms with Crippen LogP contribution >= 0.6 is 0 Å². The highest BCUT2D eigenvalue weighted by atomic mass is 14.7. The van der Waals surface area contributed by atoms with E-state index in [0.29, 0.717) is 0 Å². The molecule has 2 N–H and O–H groups in total. The number of hydrogen-bond acceptors (Lipinski definition) is 1. The average Bonchev–Trinajstić information content (AvgIpc) is 3.10. The molecule has 0 amide bonds. The Morgan fingerprint density at radius 2 is 1.56 bits per heavy atom. The molecule has 0 aliphatic rings. The molecule has 3 heteroatoms. The van der Waals surface area contributed by atoms with Gasteiger partial charge in [-0.25, -0.2) is 0 Å². The third-order valence-electron chi connectivity index (χ3n) is 2.80. The van der Waals surface area contributed by atoms with E-state index in [-0.39, 0.29) is 0 Å². The zero-order valence-electron chi connectivity index (χ0n) is 9.80. The van der Waals surface area contributed by atoms with Crippen LogP contribution < -0.4 is 0 Å². The van der Waals surface area contributed by atoms with Crippen LogP contribution in [0.4, 0.5) is 0 Å². The van der Waals surface area contributed by atoms with Gasteiger partial charge in [-0.2, -0.15) is 0 Å². The molecule has 0 spiro atoms. The number of nitrogens with zero attached hydrogens (tertiary/aromatic N) is 1. The third-order valence-corrected chi connectivity index (χ3v) is 2.80. The maximum atomic E-state index is 4.08. The standard InChI is InChI=1S/C11H8N2.C4H5N/c1-2-4-10-8(3-1)9-5-6-12-7-11(9)13-10;1-2-4-5-3-1/h1-7,13H;1-5H. The Bertz CT molecular complexity index is 671. The number of aromatic amines is 2. The molecule has 0 saturated heterocycles. The highest BCUT2D eigenvalue weighted by molar-refractivity contribution is 6.06. The van der Waals surface area contributed by atoms with Gasteiger partial charge in [0, 0.05) is 34.9 Å². The average molecular weight is 235 g/mol. The van der Waals surface area contributed by atoms with E-state index >= 15 is 0 Å². The summed E-state index contributed by atoms with van der Waals surface area (Å²) >= 11 is 0. The first kappa shape index (κ1) is 10.6. The molecule has 1 aromatic carbocycles. The van der Waals surface area contributed by atoms with E-state index in [9.17, 15) is 0 Å². The second-order valence-corrected chi connectivity index (χ2v) is 3.98. The Balaban J connectivity index is 0.000000169. The van der Waals surface area contributed by atoms with Gasteiger partial charge in [-0.1, -0.05) is 18.2 Å². The highest BCUT2D eigenvalue weighted by Gasteiger charge is 2.00. The predicted molar refractivity (Wildman–Crippen MR) is 74.4 cm³/mol. The lowest BCUT2D eigenvalue weighted by molar-refractivity contribution is 1.35. The SMILES string of the molecule is c1cc[nH]c1.c1ccc2c(c1)[nH]c1cnccc12. The first-order valence-electron chi connectivity index (χ1n) is 5.83. The largest absolute Gasteiger partial charge is 0.368 e. The van der Waals surface area contributed by atoms with Crippen LogP contribution in [0.15, 0.2) is 67.3 Å². The van der Waals surface area contributed by atoms with Crippen LogP contribution in [0.5, 0.6) is 0 Å². The predicted octanol–water partition coefficient (Wildman–Crippen LogP) is 3.73. The summed E-state index contributed by atoms with van der Waals surface area (Å²) in [6.07, 6.45) is 7.43. The summed E-state index contributed by atoms with van der Waals surface area (Å²) in [7, 11) is 0. The van der Waals surface area contributed by atoms with Gasteiger partial charge in [0.2, 0.25) is 0 Å². The Labute approximate surface area is 104 Å². The second-order valence-electron chi connectivity index (χ2n) is 3.98. The summed E-state index contributed by atoms with van der Waals surface area (Å²) in [6.45, 7) is 0. The van der Waals surface area contributed by atoms with Crippen molar-refractivity contribution in [3.8, 4) is 0 Å². The van der Waals surface area contributed by atoms with Crippen molar-refractivity contribution >= 4 is 21.8 Å². The lowest BCUT2D eigenvalue weighted by Gasteiger charge is -1.87. The molecule has 3 heterocycles. The third kappa shape index (κ3) is 1.98. The molecule has 18 heavy (non-hydrogen) atoms. The molecule has 3 nitrogen and oxygen atoms in total. The van der Waals surface area contributed by atoms with Crippen LogP contribution in [-0.2, 0) is 0 Å². The lowest BCUT2D eigenvalue weighted by Crippen LogP contribution is -1.68. The minimum absolute atomic E-state index is 1.10. The zero-order valence-corrected chi connectivity index (χ0v) is 9.80. The molecular formula is C15H13N3. The molecule has 0 atom stereocenters. The van der Waals surface area contributed by atoms with Gasteiger partial charge in [0.1, 0.15) is 0 Å². The van der Waals surface area contributed by atoms with E-state index in [1.165, 1.54) is 16.3 Å². The second kappa shape index (κ2) is 4.75. The monoisotopic (exact) mass is 235 g/mol. The minimum atomic E-state index is 1.10. The van der Waals surface area contributed by atoms with E-state index in [2.05, 4.69) is 33.2 Å². The fourth-order valence-electron chi connectivity index (χ4n) is 1.98. The van der Waals surface area contributed by atoms with Gasteiger partial charge in [-0.05, 0) is 24.3 Å². The van der Waals surface area contributed by atoms with Gasteiger partial charge in [-0.15, -0.1) is 0 Å². The smallest absolute Gasteiger partial charge is 0.0651 e. The molecule has 0 fully saturated rings. The van der Waals surface area contributed by atoms with Gasteiger partial charge in [0.15, 0.2) is 0 Å². The molecule has 3 aromatic heterocycles.